The van der Waals surface area contributed by atoms with Crippen molar-refractivity contribution in [2.45, 2.75) is 12.5 Å². The highest BCUT2D eigenvalue weighted by atomic mass is 16.5. The fourth-order valence-electron chi connectivity index (χ4n) is 3.50. The largest absolute Gasteiger partial charge is 0.490 e. The maximum Gasteiger partial charge on any atom is 0.333 e. The van der Waals surface area contributed by atoms with Crippen molar-refractivity contribution in [1.82, 2.24) is 0 Å². The first-order valence-electron chi connectivity index (χ1n) is 10.8. The molecule has 34 heavy (non-hydrogen) atoms. The highest BCUT2D eigenvalue weighted by Crippen LogP contribution is 2.25. The fourth-order valence-corrected chi connectivity index (χ4v) is 3.50. The fraction of sp³-hybridized carbons (Fsp3) is 0.185. The van der Waals surface area contributed by atoms with E-state index in [1.54, 1.807) is 42.5 Å². The minimum absolute atomic E-state index is 0.112. The standard InChI is InChI=1S/C27H24O7/c1-31-26(27(29)30)15-18-7-9-20(10-8-18)32-13-14-33-21-11-12-22-23(28)17-24(34-25(22)16-21)19-5-3-2-4-6-19/h2-12,16-17,26H,13-15H2,1H3,(H,29,30)/t26-/m0/s1. The third-order valence-electron chi connectivity index (χ3n) is 5.28. The number of hydrogen-bond acceptors (Lipinski definition) is 6. The van der Waals surface area contributed by atoms with Gasteiger partial charge in [0.25, 0.3) is 0 Å². The second kappa shape index (κ2) is 10.7. The first-order chi connectivity index (χ1) is 16.5. The summed E-state index contributed by atoms with van der Waals surface area (Å²) in [4.78, 5) is 23.6. The number of methoxy groups -OCH3 is 1. The lowest BCUT2D eigenvalue weighted by molar-refractivity contribution is -0.148. The van der Waals surface area contributed by atoms with Crippen LogP contribution < -0.4 is 14.9 Å². The van der Waals surface area contributed by atoms with Crippen molar-refractivity contribution in [2.24, 2.45) is 0 Å². The molecule has 0 saturated heterocycles. The number of fused-ring (bicyclic) bond motifs is 1. The first kappa shape index (κ1) is 23.1. The Bertz CT molecular complexity index is 1310. The molecule has 3 aromatic carbocycles. The predicted octanol–water partition coefficient (Wildman–Crippen LogP) is 4.56. The zero-order valence-corrected chi connectivity index (χ0v) is 18.6. The maximum atomic E-state index is 12.5. The molecule has 0 fully saturated rings. The van der Waals surface area contributed by atoms with Gasteiger partial charge in [-0.25, -0.2) is 4.79 Å². The van der Waals surface area contributed by atoms with Gasteiger partial charge in [0, 0.05) is 31.2 Å². The predicted molar refractivity (Wildman–Crippen MR) is 127 cm³/mol. The molecule has 4 aromatic rings. The molecule has 0 bridgehead atoms. The molecule has 7 heteroatoms. The van der Waals surface area contributed by atoms with Gasteiger partial charge in [-0.3, -0.25) is 4.79 Å². The molecular weight excluding hydrogens is 436 g/mol. The Labute approximate surface area is 196 Å². The van der Waals surface area contributed by atoms with Gasteiger partial charge in [-0.2, -0.15) is 0 Å². The lowest BCUT2D eigenvalue weighted by Gasteiger charge is -2.12. The van der Waals surface area contributed by atoms with Gasteiger partial charge in [-0.05, 0) is 29.8 Å². The second-order valence-corrected chi connectivity index (χ2v) is 7.61. The van der Waals surface area contributed by atoms with Crippen molar-refractivity contribution in [1.29, 1.82) is 0 Å². The van der Waals surface area contributed by atoms with Crippen LogP contribution in [0.3, 0.4) is 0 Å². The molecule has 0 aliphatic rings. The van der Waals surface area contributed by atoms with Crippen LogP contribution in [-0.4, -0.2) is 37.5 Å². The van der Waals surface area contributed by atoms with Crippen molar-refractivity contribution in [3.8, 4) is 22.8 Å². The van der Waals surface area contributed by atoms with Crippen molar-refractivity contribution < 1.29 is 28.5 Å². The van der Waals surface area contributed by atoms with E-state index in [0.717, 1.165) is 11.1 Å². The average molecular weight is 460 g/mol. The summed E-state index contributed by atoms with van der Waals surface area (Å²) >= 11 is 0. The summed E-state index contributed by atoms with van der Waals surface area (Å²) in [5.41, 5.74) is 2.01. The van der Waals surface area contributed by atoms with Crippen molar-refractivity contribution in [2.75, 3.05) is 20.3 Å². The van der Waals surface area contributed by atoms with E-state index in [0.29, 0.717) is 41.4 Å². The summed E-state index contributed by atoms with van der Waals surface area (Å²) in [6.07, 6.45) is -0.602. The summed E-state index contributed by atoms with van der Waals surface area (Å²) < 4.78 is 22.4. The molecule has 1 atom stereocenters. The van der Waals surface area contributed by atoms with Crippen LogP contribution in [-0.2, 0) is 16.0 Å². The van der Waals surface area contributed by atoms with Crippen LogP contribution in [0.1, 0.15) is 5.56 Å². The molecule has 1 heterocycles. The lowest BCUT2D eigenvalue weighted by atomic mass is 10.1. The molecule has 0 aliphatic carbocycles. The van der Waals surface area contributed by atoms with E-state index >= 15 is 0 Å². The summed E-state index contributed by atoms with van der Waals surface area (Å²) in [7, 11) is 1.38. The van der Waals surface area contributed by atoms with Crippen LogP contribution in [0.2, 0.25) is 0 Å². The zero-order valence-electron chi connectivity index (χ0n) is 18.6. The summed E-state index contributed by atoms with van der Waals surface area (Å²) in [6.45, 7) is 0.599. The molecule has 0 saturated carbocycles. The molecule has 1 N–H and O–H groups in total. The number of aliphatic carboxylic acids is 1. The Balaban J connectivity index is 1.35. The van der Waals surface area contributed by atoms with Gasteiger partial charge in [-0.1, -0.05) is 42.5 Å². The maximum absolute atomic E-state index is 12.5. The number of benzene rings is 3. The van der Waals surface area contributed by atoms with Gasteiger partial charge in [0.2, 0.25) is 0 Å². The Morgan fingerprint density at radius 2 is 1.59 bits per heavy atom. The van der Waals surface area contributed by atoms with Crippen molar-refractivity contribution >= 4 is 16.9 Å². The van der Waals surface area contributed by atoms with E-state index in [-0.39, 0.29) is 11.8 Å². The van der Waals surface area contributed by atoms with E-state index in [1.807, 2.05) is 30.3 Å². The molecule has 1 aromatic heterocycles. The molecular formula is C27H24O7. The second-order valence-electron chi connectivity index (χ2n) is 7.61. The van der Waals surface area contributed by atoms with Crippen LogP contribution in [0.25, 0.3) is 22.3 Å². The molecule has 7 nitrogen and oxygen atoms in total. The van der Waals surface area contributed by atoms with Crippen LogP contribution >= 0.6 is 0 Å². The van der Waals surface area contributed by atoms with Gasteiger partial charge in [0.15, 0.2) is 11.5 Å². The summed E-state index contributed by atoms with van der Waals surface area (Å²) in [6, 6.07) is 23.2. The van der Waals surface area contributed by atoms with Crippen LogP contribution in [0, 0.1) is 0 Å². The summed E-state index contributed by atoms with van der Waals surface area (Å²) in [5, 5.41) is 9.57. The number of ether oxygens (including phenoxy) is 3. The van der Waals surface area contributed by atoms with Crippen LogP contribution in [0.15, 0.2) is 88.1 Å². The van der Waals surface area contributed by atoms with E-state index in [4.69, 9.17) is 23.7 Å². The quantitative estimate of drug-likeness (QED) is 0.347. The number of carbonyl (C=O) groups is 1. The molecule has 4 rings (SSSR count). The number of carboxylic acid groups (broad SMARTS) is 1. The van der Waals surface area contributed by atoms with Crippen molar-refractivity contribution in [3.05, 3.63) is 94.6 Å². The Morgan fingerprint density at radius 1 is 0.912 bits per heavy atom. The summed E-state index contributed by atoms with van der Waals surface area (Å²) in [5.74, 6) is 0.721. The Kier molecular flexibility index (Phi) is 7.25. The Hall–Kier alpha value is -4.10. The van der Waals surface area contributed by atoms with E-state index in [9.17, 15) is 9.59 Å². The molecule has 174 valence electrons. The van der Waals surface area contributed by atoms with Crippen molar-refractivity contribution in [3.63, 3.8) is 0 Å². The molecule has 0 amide bonds. The first-order valence-corrected chi connectivity index (χ1v) is 10.8. The van der Waals surface area contributed by atoms with Gasteiger partial charge in [0.05, 0.1) is 5.39 Å². The third-order valence-corrected chi connectivity index (χ3v) is 5.28. The van der Waals surface area contributed by atoms with E-state index in [1.165, 1.54) is 13.2 Å². The highest BCUT2D eigenvalue weighted by Gasteiger charge is 2.16. The number of carboxylic acids is 1. The SMILES string of the molecule is CO[C@@H](Cc1ccc(OCCOc2ccc3c(=O)cc(-c4ccccc4)oc3c2)cc1)C(=O)O. The minimum Gasteiger partial charge on any atom is -0.490 e. The molecule has 0 spiro atoms. The average Bonchev–Trinajstić information content (AvgIpc) is 2.86. The topological polar surface area (TPSA) is 95.2 Å². The monoisotopic (exact) mass is 460 g/mol. The van der Waals surface area contributed by atoms with Crippen LogP contribution in [0.5, 0.6) is 11.5 Å². The lowest BCUT2D eigenvalue weighted by Crippen LogP contribution is -2.24. The van der Waals surface area contributed by atoms with E-state index in [2.05, 4.69) is 0 Å². The van der Waals surface area contributed by atoms with Gasteiger partial charge in [-0.15, -0.1) is 0 Å². The normalized spacial score (nSPS) is 11.8. The number of hydrogen-bond donors (Lipinski definition) is 1. The Morgan fingerprint density at radius 3 is 2.26 bits per heavy atom. The molecule has 0 aliphatic heterocycles. The minimum atomic E-state index is -0.996. The van der Waals surface area contributed by atoms with Gasteiger partial charge < -0.3 is 23.7 Å². The third kappa shape index (κ3) is 5.63. The van der Waals surface area contributed by atoms with Gasteiger partial charge in [0.1, 0.15) is 36.1 Å². The smallest absolute Gasteiger partial charge is 0.333 e. The number of rotatable bonds is 10. The molecule has 0 radical (unpaired) electrons. The van der Waals surface area contributed by atoms with Crippen LogP contribution in [0.4, 0.5) is 0 Å². The highest BCUT2D eigenvalue weighted by molar-refractivity contribution is 5.80. The van der Waals surface area contributed by atoms with Gasteiger partial charge >= 0.3 is 5.97 Å². The zero-order chi connectivity index (χ0) is 23.9. The molecule has 0 unspecified atom stereocenters. The van der Waals surface area contributed by atoms with E-state index < -0.39 is 12.1 Å².